The second-order valence-corrected chi connectivity index (χ2v) is 21.1. The molecule has 5 aromatic carbocycles. The fourth-order valence-electron chi connectivity index (χ4n) is 7.09. The normalized spacial score (nSPS) is 14.2. The van der Waals surface area contributed by atoms with Crippen molar-refractivity contribution in [2.75, 3.05) is 9.80 Å². The molecule has 0 fully saturated rings. The zero-order valence-electron chi connectivity index (χ0n) is 28.4. The maximum Gasteiger partial charge on any atom is 0.252 e. The molecule has 0 bridgehead atoms. The third-order valence-corrected chi connectivity index (χ3v) is 11.7. The Morgan fingerprint density at radius 3 is 1.58 bits per heavy atom. The van der Waals surface area contributed by atoms with Crippen molar-refractivity contribution in [2.24, 2.45) is 0 Å². The number of hydrogen-bond acceptors (Lipinski definition) is 2. The average Bonchev–Trinajstić information content (AvgIpc) is 2.99. The molecule has 0 unspecified atom stereocenters. The van der Waals surface area contributed by atoms with E-state index in [9.17, 15) is 0 Å². The molecule has 2 aliphatic heterocycles. The molecule has 5 aromatic rings. The van der Waals surface area contributed by atoms with Gasteiger partial charge >= 0.3 is 0 Å². The molecule has 0 amide bonds. The van der Waals surface area contributed by atoms with Crippen LogP contribution in [0, 0.1) is 0 Å². The van der Waals surface area contributed by atoms with Crippen LogP contribution in [-0.4, -0.2) is 14.8 Å². The zero-order chi connectivity index (χ0) is 31.9. The lowest BCUT2D eigenvalue weighted by molar-refractivity contribution is 0.590. The van der Waals surface area contributed by atoms with Gasteiger partial charge in [-0.05, 0) is 86.9 Å². The third-order valence-electron chi connectivity index (χ3n) is 9.71. The molecule has 0 radical (unpaired) electrons. The Balaban J connectivity index is 1.60. The van der Waals surface area contributed by atoms with Gasteiger partial charge in [0.05, 0.1) is 8.07 Å². The lowest BCUT2D eigenvalue weighted by Crippen LogP contribution is -2.62. The van der Waals surface area contributed by atoms with E-state index in [2.05, 4.69) is 180 Å². The molecule has 2 aliphatic rings. The average molecular weight is 605 g/mol. The minimum atomic E-state index is -1.70. The van der Waals surface area contributed by atoms with Gasteiger partial charge in [-0.1, -0.05) is 127 Å². The molecule has 0 aromatic heterocycles. The minimum Gasteiger partial charge on any atom is -0.311 e. The summed E-state index contributed by atoms with van der Waals surface area (Å²) in [5.41, 5.74) is 14.6. The van der Waals surface area contributed by atoms with Crippen LogP contribution in [0.5, 0.6) is 0 Å². The summed E-state index contributed by atoms with van der Waals surface area (Å²) in [7, 11) is -1.70. The molecule has 7 rings (SSSR count). The molecule has 45 heavy (non-hydrogen) atoms. The fraction of sp³-hybridized carbons (Fsp3) is 0.268. The molecule has 0 atom stereocenters. The summed E-state index contributed by atoms with van der Waals surface area (Å²) < 4.78 is 0. The minimum absolute atomic E-state index is 0.0449. The van der Waals surface area contributed by atoms with Gasteiger partial charge in [-0.25, -0.2) is 0 Å². The van der Waals surface area contributed by atoms with Crippen LogP contribution in [-0.2, 0) is 10.8 Å². The van der Waals surface area contributed by atoms with Crippen LogP contribution in [0.15, 0.2) is 109 Å². The van der Waals surface area contributed by atoms with Crippen LogP contribution >= 0.6 is 0 Å². The maximum absolute atomic E-state index is 2.56. The van der Waals surface area contributed by atoms with Crippen LogP contribution in [0.3, 0.4) is 0 Å². The number of nitrogens with zero attached hydrogens (tertiary/aromatic N) is 2. The highest BCUT2D eigenvalue weighted by atomic mass is 28.3. The molecule has 4 heteroatoms. The van der Waals surface area contributed by atoms with Crippen LogP contribution < -0.4 is 31.4 Å². The predicted molar refractivity (Wildman–Crippen MR) is 201 cm³/mol. The second-order valence-electron chi connectivity index (χ2n) is 16.0. The molecular formula is C41H45BN2Si. The van der Waals surface area contributed by atoms with E-state index < -0.39 is 8.07 Å². The van der Waals surface area contributed by atoms with Crippen molar-refractivity contribution in [3.8, 4) is 0 Å². The number of anilines is 6. The van der Waals surface area contributed by atoms with Gasteiger partial charge in [0.25, 0.3) is 6.71 Å². The van der Waals surface area contributed by atoms with Crippen molar-refractivity contribution in [3.05, 3.63) is 120 Å². The zero-order valence-corrected chi connectivity index (χ0v) is 29.4. The van der Waals surface area contributed by atoms with Crippen molar-refractivity contribution < 1.29 is 0 Å². The summed E-state index contributed by atoms with van der Waals surface area (Å²) in [6.45, 7) is 21.4. The van der Waals surface area contributed by atoms with E-state index in [0.717, 1.165) is 0 Å². The first kappa shape index (κ1) is 29.7. The van der Waals surface area contributed by atoms with Gasteiger partial charge in [0.2, 0.25) is 0 Å². The molecule has 0 saturated heterocycles. The molecular weight excluding hydrogens is 559 g/mol. The van der Waals surface area contributed by atoms with Gasteiger partial charge in [0.1, 0.15) is 0 Å². The standard InChI is InChI=1S/C41H45BN2Si/c1-40(2,3)28-19-22-31(23-20-28)44-36-24-21-29(41(4,5)6)25-34(36)42-33-17-13-14-18-35(33)43(30-15-11-10-12-16-30)37-26-32(45(7,8)9)27-38(44)39(37)42/h10-27H,1-9H3. The first-order chi connectivity index (χ1) is 21.2. The summed E-state index contributed by atoms with van der Waals surface area (Å²) in [6.07, 6.45) is 0. The number of hydrogen-bond donors (Lipinski definition) is 0. The van der Waals surface area contributed by atoms with Crippen LogP contribution in [0.1, 0.15) is 52.7 Å². The van der Waals surface area contributed by atoms with Crippen molar-refractivity contribution >= 4 is 70.5 Å². The number of benzene rings is 5. The largest absolute Gasteiger partial charge is 0.311 e. The molecule has 0 aliphatic carbocycles. The first-order valence-corrected chi connectivity index (χ1v) is 19.9. The third kappa shape index (κ3) is 4.95. The fourth-order valence-corrected chi connectivity index (χ4v) is 8.23. The SMILES string of the molecule is CC(C)(C)c1ccc(N2c3ccc(C(C)(C)C)cc3B3c4ccccc4N(c4ccccc4)c4cc([Si](C)(C)C)cc2c43)cc1. The van der Waals surface area contributed by atoms with Gasteiger partial charge in [-0.15, -0.1) is 0 Å². The van der Waals surface area contributed by atoms with Gasteiger partial charge in [0, 0.05) is 34.1 Å². The van der Waals surface area contributed by atoms with Gasteiger partial charge in [-0.2, -0.15) is 0 Å². The smallest absolute Gasteiger partial charge is 0.252 e. The Hall–Kier alpha value is -4.02. The predicted octanol–water partition coefficient (Wildman–Crippen LogP) is 8.91. The summed E-state index contributed by atoms with van der Waals surface area (Å²) in [5, 5.41) is 1.47. The summed E-state index contributed by atoms with van der Waals surface area (Å²) in [4.78, 5) is 5.08. The van der Waals surface area contributed by atoms with E-state index in [0.29, 0.717) is 0 Å². The first-order valence-electron chi connectivity index (χ1n) is 16.4. The van der Waals surface area contributed by atoms with Crippen molar-refractivity contribution in [1.82, 2.24) is 0 Å². The molecule has 0 spiro atoms. The van der Waals surface area contributed by atoms with Crippen LogP contribution in [0.4, 0.5) is 34.1 Å². The topological polar surface area (TPSA) is 6.48 Å². The van der Waals surface area contributed by atoms with Gasteiger partial charge in [-0.3, -0.25) is 0 Å². The van der Waals surface area contributed by atoms with E-state index in [4.69, 9.17) is 0 Å². The maximum atomic E-state index is 2.56. The van der Waals surface area contributed by atoms with Crippen LogP contribution in [0.2, 0.25) is 19.6 Å². The lowest BCUT2D eigenvalue weighted by Gasteiger charge is -2.45. The second kappa shape index (κ2) is 10.3. The highest BCUT2D eigenvalue weighted by Gasteiger charge is 2.44. The number of para-hydroxylation sites is 2. The Bertz CT molecular complexity index is 1910. The monoisotopic (exact) mass is 604 g/mol. The molecule has 2 heterocycles. The van der Waals surface area contributed by atoms with Gasteiger partial charge < -0.3 is 9.80 Å². The van der Waals surface area contributed by atoms with Crippen LogP contribution in [0.25, 0.3) is 0 Å². The molecule has 0 N–H and O–H groups in total. The molecule has 0 saturated carbocycles. The molecule has 2 nitrogen and oxygen atoms in total. The quantitative estimate of drug-likeness (QED) is 0.186. The van der Waals surface area contributed by atoms with Crippen molar-refractivity contribution in [3.63, 3.8) is 0 Å². The van der Waals surface area contributed by atoms with Crippen molar-refractivity contribution in [1.29, 1.82) is 0 Å². The van der Waals surface area contributed by atoms with E-state index in [1.54, 1.807) is 0 Å². The summed E-state index contributed by atoms with van der Waals surface area (Å²) in [5.74, 6) is 0. The van der Waals surface area contributed by atoms with E-state index in [1.165, 1.54) is 66.8 Å². The lowest BCUT2D eigenvalue weighted by atomic mass is 9.33. The summed E-state index contributed by atoms with van der Waals surface area (Å²) in [6, 6.07) is 41.7. The summed E-state index contributed by atoms with van der Waals surface area (Å²) >= 11 is 0. The van der Waals surface area contributed by atoms with Crippen molar-refractivity contribution in [2.45, 2.75) is 72.0 Å². The molecule has 226 valence electrons. The Morgan fingerprint density at radius 1 is 0.489 bits per heavy atom. The number of rotatable bonds is 3. The van der Waals surface area contributed by atoms with E-state index in [-0.39, 0.29) is 17.5 Å². The highest BCUT2D eigenvalue weighted by molar-refractivity contribution is 7.00. The Morgan fingerprint density at radius 2 is 1.00 bits per heavy atom. The number of fused-ring (bicyclic) bond motifs is 4. The Kier molecular flexibility index (Phi) is 6.76. The van der Waals surface area contributed by atoms with E-state index >= 15 is 0 Å². The van der Waals surface area contributed by atoms with Gasteiger partial charge in [0.15, 0.2) is 0 Å². The van der Waals surface area contributed by atoms with E-state index in [1.807, 2.05) is 0 Å². The highest BCUT2D eigenvalue weighted by Crippen LogP contribution is 2.44. The Labute approximate surface area is 271 Å².